The number of allylic oxidation sites excluding steroid dienone is 1. The molecule has 36 valence electrons. The van der Waals surface area contributed by atoms with E-state index in [-0.39, 0.29) is 0 Å². The first-order valence-electron chi connectivity index (χ1n) is 2.26. The van der Waals surface area contributed by atoms with E-state index < -0.39 is 0 Å². The fraction of sp³-hybridized carbons (Fsp3) is 0.600. The lowest BCUT2D eigenvalue weighted by molar-refractivity contribution is 0.917. The van der Waals surface area contributed by atoms with Gasteiger partial charge in [-0.05, 0) is 20.0 Å². The summed E-state index contributed by atoms with van der Waals surface area (Å²) in [5, 5.41) is 3.02. The van der Waals surface area contributed by atoms with Crippen LogP contribution in [0.5, 0.6) is 0 Å². The Bertz CT molecular complexity index is 39.2. The van der Waals surface area contributed by atoms with E-state index in [4.69, 9.17) is 0 Å². The highest BCUT2D eigenvalue weighted by molar-refractivity contribution is 4.72. The SMILES string of the molecule is CC=CNCC. The Balaban J connectivity index is 2.66. The monoisotopic (exact) mass is 85.1 g/mol. The Kier molecular flexibility index (Phi) is 4.19. The predicted octanol–water partition coefficient (Wildman–Crippen LogP) is 1.13. The molecular formula is C5H11N. The van der Waals surface area contributed by atoms with Crippen molar-refractivity contribution < 1.29 is 0 Å². The zero-order valence-electron chi connectivity index (χ0n) is 4.36. The summed E-state index contributed by atoms with van der Waals surface area (Å²) < 4.78 is 0. The number of nitrogens with one attached hydrogen (secondary N) is 1. The van der Waals surface area contributed by atoms with E-state index in [1.54, 1.807) is 0 Å². The van der Waals surface area contributed by atoms with Gasteiger partial charge < -0.3 is 5.32 Å². The molecule has 0 amide bonds. The molecule has 0 aliphatic carbocycles. The minimum atomic E-state index is 1.02. The molecule has 0 radical (unpaired) electrons. The van der Waals surface area contributed by atoms with Gasteiger partial charge in [0.1, 0.15) is 0 Å². The van der Waals surface area contributed by atoms with Crippen molar-refractivity contribution in [2.45, 2.75) is 13.8 Å². The summed E-state index contributed by atoms with van der Waals surface area (Å²) in [5.74, 6) is 0. The molecular weight excluding hydrogens is 74.1 g/mol. The zero-order chi connectivity index (χ0) is 4.83. The van der Waals surface area contributed by atoms with Crippen molar-refractivity contribution in [3.63, 3.8) is 0 Å². The predicted molar refractivity (Wildman–Crippen MR) is 28.5 cm³/mol. The molecule has 1 N–H and O–H groups in total. The minimum Gasteiger partial charge on any atom is -0.391 e. The largest absolute Gasteiger partial charge is 0.391 e. The van der Waals surface area contributed by atoms with Gasteiger partial charge in [-0.1, -0.05) is 6.08 Å². The van der Waals surface area contributed by atoms with Crippen LogP contribution in [0.15, 0.2) is 12.3 Å². The Labute approximate surface area is 39.1 Å². The zero-order valence-corrected chi connectivity index (χ0v) is 4.36. The van der Waals surface area contributed by atoms with Crippen LogP contribution < -0.4 is 5.32 Å². The maximum Gasteiger partial charge on any atom is 0.0112 e. The van der Waals surface area contributed by atoms with E-state index in [0.29, 0.717) is 0 Å². The van der Waals surface area contributed by atoms with E-state index in [1.807, 2.05) is 19.2 Å². The maximum atomic E-state index is 3.02. The smallest absolute Gasteiger partial charge is 0.0112 e. The second kappa shape index (κ2) is 4.54. The van der Waals surface area contributed by atoms with Gasteiger partial charge in [-0.2, -0.15) is 0 Å². The fourth-order valence-corrected chi connectivity index (χ4v) is 0.236. The highest BCUT2D eigenvalue weighted by atomic mass is 14.8. The summed E-state index contributed by atoms with van der Waals surface area (Å²) in [6, 6.07) is 0. The Morgan fingerprint density at radius 1 is 1.67 bits per heavy atom. The van der Waals surface area contributed by atoms with Crippen molar-refractivity contribution in [1.29, 1.82) is 0 Å². The van der Waals surface area contributed by atoms with Gasteiger partial charge in [-0.3, -0.25) is 0 Å². The van der Waals surface area contributed by atoms with Gasteiger partial charge in [-0.25, -0.2) is 0 Å². The molecule has 0 aromatic heterocycles. The first kappa shape index (κ1) is 5.54. The van der Waals surface area contributed by atoms with Crippen LogP contribution in [0, 0.1) is 0 Å². The van der Waals surface area contributed by atoms with Crippen LogP contribution in [-0.4, -0.2) is 6.54 Å². The molecule has 0 rings (SSSR count). The second-order valence-electron chi connectivity index (χ2n) is 1.06. The molecule has 0 saturated carbocycles. The lowest BCUT2D eigenvalue weighted by atomic mass is 10.6. The van der Waals surface area contributed by atoms with Crippen LogP contribution in [-0.2, 0) is 0 Å². The van der Waals surface area contributed by atoms with Crippen molar-refractivity contribution in [2.75, 3.05) is 6.54 Å². The molecule has 0 bridgehead atoms. The van der Waals surface area contributed by atoms with Crippen LogP contribution in [0.1, 0.15) is 13.8 Å². The third kappa shape index (κ3) is 3.54. The molecule has 0 aliphatic heterocycles. The average Bonchev–Trinajstić information content (AvgIpc) is 1.61. The molecule has 0 aromatic rings. The summed E-state index contributed by atoms with van der Waals surface area (Å²) in [5.41, 5.74) is 0. The topological polar surface area (TPSA) is 12.0 Å². The summed E-state index contributed by atoms with van der Waals surface area (Å²) in [6.45, 7) is 5.08. The number of hydrogen-bond donors (Lipinski definition) is 1. The van der Waals surface area contributed by atoms with Crippen LogP contribution in [0.4, 0.5) is 0 Å². The van der Waals surface area contributed by atoms with Gasteiger partial charge in [-0.15, -0.1) is 0 Å². The molecule has 0 unspecified atom stereocenters. The lowest BCUT2D eigenvalue weighted by Crippen LogP contribution is -2.00. The maximum absolute atomic E-state index is 3.02. The molecule has 1 heteroatoms. The van der Waals surface area contributed by atoms with E-state index >= 15 is 0 Å². The third-order valence-corrected chi connectivity index (χ3v) is 0.489. The molecule has 0 atom stereocenters. The summed E-state index contributed by atoms with van der Waals surface area (Å²) >= 11 is 0. The average molecular weight is 85.2 g/mol. The first-order valence-corrected chi connectivity index (χ1v) is 2.26. The second-order valence-corrected chi connectivity index (χ2v) is 1.06. The number of rotatable bonds is 2. The first-order chi connectivity index (χ1) is 2.91. The Morgan fingerprint density at radius 2 is 2.33 bits per heavy atom. The molecule has 0 spiro atoms. The van der Waals surface area contributed by atoms with Crippen LogP contribution in [0.2, 0.25) is 0 Å². The fourth-order valence-electron chi connectivity index (χ4n) is 0.236. The summed E-state index contributed by atoms with van der Waals surface area (Å²) in [6.07, 6.45) is 3.91. The van der Waals surface area contributed by atoms with E-state index in [1.165, 1.54) is 0 Å². The molecule has 0 fully saturated rings. The minimum absolute atomic E-state index is 1.02. The van der Waals surface area contributed by atoms with Crippen molar-refractivity contribution in [3.05, 3.63) is 12.3 Å². The van der Waals surface area contributed by atoms with Crippen molar-refractivity contribution in [1.82, 2.24) is 5.32 Å². The van der Waals surface area contributed by atoms with Gasteiger partial charge in [0.05, 0.1) is 0 Å². The normalized spacial score (nSPS) is 9.67. The van der Waals surface area contributed by atoms with Crippen LogP contribution in [0.25, 0.3) is 0 Å². The highest BCUT2D eigenvalue weighted by Crippen LogP contribution is 1.58. The summed E-state index contributed by atoms with van der Waals surface area (Å²) in [7, 11) is 0. The van der Waals surface area contributed by atoms with Gasteiger partial charge in [0.2, 0.25) is 0 Å². The van der Waals surface area contributed by atoms with E-state index in [9.17, 15) is 0 Å². The van der Waals surface area contributed by atoms with Crippen molar-refractivity contribution in [2.24, 2.45) is 0 Å². The molecule has 0 saturated heterocycles. The molecule has 1 nitrogen and oxygen atoms in total. The van der Waals surface area contributed by atoms with Crippen LogP contribution >= 0.6 is 0 Å². The molecule has 0 heterocycles. The lowest BCUT2D eigenvalue weighted by Gasteiger charge is -1.85. The molecule has 0 aromatic carbocycles. The molecule has 0 aliphatic rings. The van der Waals surface area contributed by atoms with Crippen molar-refractivity contribution >= 4 is 0 Å². The van der Waals surface area contributed by atoms with Crippen LogP contribution in [0.3, 0.4) is 0 Å². The number of hydrogen-bond acceptors (Lipinski definition) is 1. The Hall–Kier alpha value is -0.460. The standard InChI is InChI=1S/C5H11N/c1-3-5-6-4-2/h3,5-6H,4H2,1-2H3. The van der Waals surface area contributed by atoms with E-state index in [0.717, 1.165) is 6.54 Å². The molecule has 6 heavy (non-hydrogen) atoms. The van der Waals surface area contributed by atoms with Gasteiger partial charge in [0, 0.05) is 6.54 Å². The van der Waals surface area contributed by atoms with E-state index in [2.05, 4.69) is 12.2 Å². The van der Waals surface area contributed by atoms with Gasteiger partial charge >= 0.3 is 0 Å². The van der Waals surface area contributed by atoms with Gasteiger partial charge in [0.15, 0.2) is 0 Å². The Morgan fingerprint density at radius 3 is 2.50 bits per heavy atom. The van der Waals surface area contributed by atoms with Crippen molar-refractivity contribution in [3.8, 4) is 0 Å². The third-order valence-electron chi connectivity index (χ3n) is 0.489. The quantitative estimate of drug-likeness (QED) is 0.530. The van der Waals surface area contributed by atoms with Gasteiger partial charge in [0.25, 0.3) is 0 Å². The highest BCUT2D eigenvalue weighted by Gasteiger charge is 1.58. The summed E-state index contributed by atoms with van der Waals surface area (Å²) in [4.78, 5) is 0.